The quantitative estimate of drug-likeness (QED) is 0.907. The van der Waals surface area contributed by atoms with E-state index in [1.807, 2.05) is 36.4 Å². The number of carbonyl (C=O) groups excluding carboxylic acids is 1. The molecule has 0 unspecified atom stereocenters. The monoisotopic (exact) mass is 255 g/mol. The Morgan fingerprint density at radius 3 is 2.74 bits per heavy atom. The average molecular weight is 255 g/mol. The molecule has 0 aliphatic heterocycles. The molecule has 0 aliphatic carbocycles. The van der Waals surface area contributed by atoms with Crippen molar-refractivity contribution in [3.63, 3.8) is 0 Å². The lowest BCUT2D eigenvalue weighted by molar-refractivity contribution is 0.0992. The van der Waals surface area contributed by atoms with Crippen LogP contribution in [0.2, 0.25) is 0 Å². The summed E-state index contributed by atoms with van der Waals surface area (Å²) in [6.45, 7) is 0.529. The molecule has 2 N–H and O–H groups in total. The number of aromatic nitrogens is 1. The predicted octanol–water partition coefficient (Wildman–Crippen LogP) is 1.86. The van der Waals surface area contributed by atoms with Gasteiger partial charge >= 0.3 is 0 Å². The van der Waals surface area contributed by atoms with Crippen molar-refractivity contribution in [3.8, 4) is 0 Å². The number of pyridine rings is 1. The first-order valence-corrected chi connectivity index (χ1v) is 6.20. The second kappa shape index (κ2) is 6.11. The Kier molecular flexibility index (Phi) is 4.26. The third kappa shape index (κ3) is 2.98. The van der Waals surface area contributed by atoms with E-state index in [9.17, 15) is 4.79 Å². The molecule has 0 spiro atoms. The largest absolute Gasteiger partial charge is 0.330 e. The molecule has 98 valence electrons. The van der Waals surface area contributed by atoms with Gasteiger partial charge in [-0.2, -0.15) is 0 Å². The van der Waals surface area contributed by atoms with Gasteiger partial charge in [0, 0.05) is 18.8 Å². The molecule has 0 saturated heterocycles. The number of nitrogens with two attached hydrogens (primary N) is 1. The molecular formula is C15H17N3O. The van der Waals surface area contributed by atoms with Gasteiger partial charge in [-0.1, -0.05) is 18.2 Å². The topological polar surface area (TPSA) is 59.2 Å². The Bertz CT molecular complexity index is 554. The number of nitrogens with zero attached hydrogens (tertiary/aromatic N) is 2. The summed E-state index contributed by atoms with van der Waals surface area (Å²) in [5.74, 6) is -0.0444. The van der Waals surface area contributed by atoms with Crippen molar-refractivity contribution in [2.24, 2.45) is 5.73 Å². The summed E-state index contributed by atoms with van der Waals surface area (Å²) in [5, 5.41) is 0. The van der Waals surface area contributed by atoms with Crippen molar-refractivity contribution in [2.45, 2.75) is 6.42 Å². The number of amides is 1. The number of hydrogen-bond acceptors (Lipinski definition) is 3. The van der Waals surface area contributed by atoms with E-state index in [0.29, 0.717) is 18.5 Å². The molecule has 1 aromatic heterocycles. The van der Waals surface area contributed by atoms with E-state index < -0.39 is 0 Å². The molecule has 1 aromatic carbocycles. The van der Waals surface area contributed by atoms with Crippen LogP contribution in [0.25, 0.3) is 0 Å². The Morgan fingerprint density at radius 1 is 1.26 bits per heavy atom. The van der Waals surface area contributed by atoms with E-state index >= 15 is 0 Å². The maximum Gasteiger partial charge on any atom is 0.258 e. The first kappa shape index (κ1) is 13.2. The molecule has 0 atom stereocenters. The Labute approximate surface area is 112 Å². The van der Waals surface area contributed by atoms with Crippen LogP contribution in [0.4, 0.5) is 5.69 Å². The van der Waals surface area contributed by atoms with Gasteiger partial charge in [-0.05, 0) is 36.7 Å². The molecule has 2 rings (SSSR count). The van der Waals surface area contributed by atoms with E-state index in [1.54, 1.807) is 24.3 Å². The molecule has 19 heavy (non-hydrogen) atoms. The summed E-state index contributed by atoms with van der Waals surface area (Å²) < 4.78 is 0. The van der Waals surface area contributed by atoms with E-state index in [1.165, 1.54) is 0 Å². The fourth-order valence-electron chi connectivity index (χ4n) is 1.95. The second-order valence-corrected chi connectivity index (χ2v) is 4.27. The van der Waals surface area contributed by atoms with Crippen molar-refractivity contribution < 1.29 is 4.79 Å². The van der Waals surface area contributed by atoms with Gasteiger partial charge < -0.3 is 10.6 Å². The zero-order valence-corrected chi connectivity index (χ0v) is 10.9. The summed E-state index contributed by atoms with van der Waals surface area (Å²) in [6.07, 6.45) is 4.05. The number of benzene rings is 1. The first-order valence-electron chi connectivity index (χ1n) is 6.20. The van der Waals surface area contributed by atoms with Crippen molar-refractivity contribution in [1.82, 2.24) is 4.98 Å². The molecule has 0 saturated carbocycles. The van der Waals surface area contributed by atoms with E-state index in [2.05, 4.69) is 4.98 Å². The molecule has 2 aromatic rings. The van der Waals surface area contributed by atoms with Gasteiger partial charge in [0.25, 0.3) is 5.91 Å². The molecule has 1 amide bonds. The zero-order valence-electron chi connectivity index (χ0n) is 10.9. The van der Waals surface area contributed by atoms with Crippen molar-refractivity contribution in [2.75, 3.05) is 18.5 Å². The Balaban J connectivity index is 2.29. The molecular weight excluding hydrogens is 238 g/mol. The van der Waals surface area contributed by atoms with E-state index in [0.717, 1.165) is 11.3 Å². The van der Waals surface area contributed by atoms with Crippen molar-refractivity contribution in [1.29, 1.82) is 0 Å². The van der Waals surface area contributed by atoms with Crippen LogP contribution in [0, 0.1) is 0 Å². The van der Waals surface area contributed by atoms with Gasteiger partial charge in [0.05, 0.1) is 11.9 Å². The summed E-state index contributed by atoms with van der Waals surface area (Å²) in [5.41, 5.74) is 8.03. The maximum absolute atomic E-state index is 12.5. The minimum atomic E-state index is -0.0444. The van der Waals surface area contributed by atoms with Gasteiger partial charge in [-0.25, -0.2) is 0 Å². The highest BCUT2D eigenvalue weighted by Crippen LogP contribution is 2.16. The molecule has 0 radical (unpaired) electrons. The maximum atomic E-state index is 12.5. The highest BCUT2D eigenvalue weighted by Gasteiger charge is 2.16. The van der Waals surface area contributed by atoms with Crippen LogP contribution in [-0.2, 0) is 6.42 Å². The fraction of sp³-hybridized carbons (Fsp3) is 0.200. The SMILES string of the molecule is CN(C(=O)c1ccccc1CCN)c1cccnc1. The first-order chi connectivity index (χ1) is 9.24. The van der Waals surface area contributed by atoms with Crippen LogP contribution in [-0.4, -0.2) is 24.5 Å². The van der Waals surface area contributed by atoms with Crippen LogP contribution in [0.15, 0.2) is 48.8 Å². The Morgan fingerprint density at radius 2 is 2.05 bits per heavy atom. The molecule has 1 heterocycles. The minimum Gasteiger partial charge on any atom is -0.330 e. The summed E-state index contributed by atoms with van der Waals surface area (Å²) in [4.78, 5) is 18.1. The van der Waals surface area contributed by atoms with E-state index in [-0.39, 0.29) is 5.91 Å². The van der Waals surface area contributed by atoms with Crippen molar-refractivity contribution >= 4 is 11.6 Å². The lowest BCUT2D eigenvalue weighted by atomic mass is 10.0. The highest BCUT2D eigenvalue weighted by atomic mass is 16.2. The van der Waals surface area contributed by atoms with Crippen LogP contribution in [0.1, 0.15) is 15.9 Å². The second-order valence-electron chi connectivity index (χ2n) is 4.27. The van der Waals surface area contributed by atoms with Gasteiger partial charge in [0.15, 0.2) is 0 Å². The van der Waals surface area contributed by atoms with Gasteiger partial charge in [-0.3, -0.25) is 9.78 Å². The molecule has 0 bridgehead atoms. The predicted molar refractivity (Wildman–Crippen MR) is 76.2 cm³/mol. The number of carbonyl (C=O) groups is 1. The average Bonchev–Trinajstić information content (AvgIpc) is 2.47. The highest BCUT2D eigenvalue weighted by molar-refractivity contribution is 6.06. The van der Waals surface area contributed by atoms with Crippen LogP contribution >= 0.6 is 0 Å². The molecule has 4 nitrogen and oxygen atoms in total. The number of hydrogen-bond donors (Lipinski definition) is 1. The smallest absolute Gasteiger partial charge is 0.258 e. The fourth-order valence-corrected chi connectivity index (χ4v) is 1.95. The lowest BCUT2D eigenvalue weighted by Crippen LogP contribution is -2.27. The lowest BCUT2D eigenvalue weighted by Gasteiger charge is -2.18. The summed E-state index contributed by atoms with van der Waals surface area (Å²) in [7, 11) is 1.75. The van der Waals surface area contributed by atoms with Gasteiger partial charge in [-0.15, -0.1) is 0 Å². The van der Waals surface area contributed by atoms with Gasteiger partial charge in [0.2, 0.25) is 0 Å². The summed E-state index contributed by atoms with van der Waals surface area (Å²) >= 11 is 0. The molecule has 0 fully saturated rings. The number of rotatable bonds is 4. The molecule has 0 aliphatic rings. The van der Waals surface area contributed by atoms with Crippen LogP contribution < -0.4 is 10.6 Å². The van der Waals surface area contributed by atoms with Gasteiger partial charge in [0.1, 0.15) is 0 Å². The zero-order chi connectivity index (χ0) is 13.7. The third-order valence-corrected chi connectivity index (χ3v) is 3.00. The Hall–Kier alpha value is -2.20. The summed E-state index contributed by atoms with van der Waals surface area (Å²) in [6, 6.07) is 11.2. The van der Waals surface area contributed by atoms with Crippen LogP contribution in [0.5, 0.6) is 0 Å². The van der Waals surface area contributed by atoms with Crippen molar-refractivity contribution in [3.05, 3.63) is 59.9 Å². The van der Waals surface area contributed by atoms with Crippen LogP contribution in [0.3, 0.4) is 0 Å². The number of anilines is 1. The normalized spacial score (nSPS) is 10.2. The third-order valence-electron chi connectivity index (χ3n) is 3.00. The molecule has 4 heteroatoms. The van der Waals surface area contributed by atoms with E-state index in [4.69, 9.17) is 5.73 Å². The minimum absolute atomic E-state index is 0.0444. The standard InChI is InChI=1S/C15H17N3O/c1-18(13-6-4-10-17-11-13)15(19)14-7-3-2-5-12(14)8-9-16/h2-7,10-11H,8-9,16H2,1H3.